The number of carbonyl (C=O) groups is 2. The van der Waals surface area contributed by atoms with E-state index in [1.165, 1.54) is 22.5 Å². The van der Waals surface area contributed by atoms with Gasteiger partial charge in [-0.1, -0.05) is 44.2 Å². The summed E-state index contributed by atoms with van der Waals surface area (Å²) in [5, 5.41) is 17.2. The fourth-order valence-corrected chi connectivity index (χ4v) is 8.46. The molecule has 0 aromatic heterocycles. The van der Waals surface area contributed by atoms with Crippen LogP contribution in [0.25, 0.3) is 0 Å². The molecule has 288 valence electrons. The first-order valence-electron chi connectivity index (χ1n) is 17.1. The number of alkyl carbamates (subject to hydrolysis) is 1. The molecule has 0 radical (unpaired) electrons. The number of hydrogen-bond acceptors (Lipinski definition) is 12. The van der Waals surface area contributed by atoms with Crippen LogP contribution in [-0.4, -0.2) is 115 Å². The molecular weight excluding hydrogens is 721 g/mol. The Kier molecular flexibility index (Phi) is 13.0. The summed E-state index contributed by atoms with van der Waals surface area (Å²) in [6.07, 6.45) is -0.335. The minimum absolute atomic E-state index is 0.0323. The first kappa shape index (κ1) is 39.7. The molecule has 5 rings (SSSR count). The molecule has 2 aromatic carbocycles. The van der Waals surface area contributed by atoms with Crippen molar-refractivity contribution >= 4 is 32.0 Å². The summed E-state index contributed by atoms with van der Waals surface area (Å²) < 4.78 is 82.2. The molecule has 2 saturated heterocycles. The van der Waals surface area contributed by atoms with Gasteiger partial charge in [-0.25, -0.2) is 26.4 Å². The van der Waals surface area contributed by atoms with Gasteiger partial charge in [0.25, 0.3) is 0 Å². The fraction of sp³-hybridized carbons (Fsp3) is 0.588. The summed E-state index contributed by atoms with van der Waals surface area (Å²) in [7, 11) is -7.78. The van der Waals surface area contributed by atoms with Crippen molar-refractivity contribution in [2.75, 3.05) is 52.4 Å². The van der Waals surface area contributed by atoms with Crippen LogP contribution in [0.2, 0.25) is 0 Å². The predicted molar refractivity (Wildman–Crippen MR) is 187 cm³/mol. The number of aliphatic hydroxyl groups excluding tert-OH is 1. The second-order valence-electron chi connectivity index (χ2n) is 14.0. The van der Waals surface area contributed by atoms with Gasteiger partial charge in [0.15, 0.2) is 17.8 Å². The van der Waals surface area contributed by atoms with Crippen molar-refractivity contribution < 1.29 is 55.2 Å². The zero-order valence-corrected chi connectivity index (χ0v) is 31.1. The smallest absolute Gasteiger partial charge is 0.407 e. The molecule has 5 atom stereocenters. The normalized spacial score (nSPS) is 21.1. The Morgan fingerprint density at radius 3 is 2.56 bits per heavy atom. The SMILES string of the molecule is CC(C)(CCCNC(=O)CNS(C)(=O)=O)CN(C[C@@H](O)[C@H](Cc1ccccc1)NC(=O)O[C@H]1CO[C@H]2OCC[C@H]21)S(=O)(=O)c1ccc2c(c1)OCO2. The van der Waals surface area contributed by atoms with Crippen LogP contribution < -0.4 is 24.8 Å². The lowest BCUT2D eigenvalue weighted by Gasteiger charge is -2.35. The third-order valence-corrected chi connectivity index (χ3v) is 11.6. The van der Waals surface area contributed by atoms with E-state index in [1.807, 2.05) is 44.2 Å². The third-order valence-electron chi connectivity index (χ3n) is 9.13. The number of rotatable bonds is 18. The molecule has 18 heteroatoms. The highest BCUT2D eigenvalue weighted by atomic mass is 32.2. The average Bonchev–Trinajstić information content (AvgIpc) is 3.84. The molecule has 3 aliphatic heterocycles. The minimum atomic E-state index is -4.25. The molecule has 52 heavy (non-hydrogen) atoms. The number of amides is 2. The van der Waals surface area contributed by atoms with Crippen molar-refractivity contribution in [3.8, 4) is 11.5 Å². The lowest BCUT2D eigenvalue weighted by atomic mass is 9.87. The van der Waals surface area contributed by atoms with E-state index in [1.54, 1.807) is 0 Å². The zero-order chi connectivity index (χ0) is 37.5. The Bertz CT molecular complexity index is 1760. The average molecular weight is 769 g/mol. The molecule has 0 aliphatic carbocycles. The topological polar surface area (TPSA) is 208 Å². The van der Waals surface area contributed by atoms with E-state index in [0.29, 0.717) is 31.6 Å². The van der Waals surface area contributed by atoms with Crippen LogP contribution in [0, 0.1) is 11.3 Å². The number of fused-ring (bicyclic) bond motifs is 2. The number of sulfonamides is 2. The lowest BCUT2D eigenvalue weighted by Crippen LogP contribution is -2.52. The summed E-state index contributed by atoms with van der Waals surface area (Å²) in [5.74, 6) is 0.100. The number of aliphatic hydroxyl groups is 1. The number of ether oxygens (including phenoxy) is 5. The number of nitrogens with zero attached hydrogens (tertiary/aromatic N) is 1. The predicted octanol–water partition coefficient (Wildman–Crippen LogP) is 1.34. The highest BCUT2D eigenvalue weighted by Crippen LogP contribution is 2.36. The van der Waals surface area contributed by atoms with E-state index in [2.05, 4.69) is 15.4 Å². The van der Waals surface area contributed by atoms with Gasteiger partial charge in [-0.2, -0.15) is 4.31 Å². The molecule has 3 aliphatic rings. The van der Waals surface area contributed by atoms with Crippen LogP contribution in [0.4, 0.5) is 4.79 Å². The molecule has 2 fully saturated rings. The van der Waals surface area contributed by atoms with Crippen molar-refractivity contribution in [1.29, 1.82) is 0 Å². The number of hydrogen-bond donors (Lipinski definition) is 4. The van der Waals surface area contributed by atoms with Gasteiger partial charge in [0.1, 0.15) is 6.10 Å². The maximum Gasteiger partial charge on any atom is 0.407 e. The maximum atomic E-state index is 14.3. The molecule has 3 heterocycles. The summed E-state index contributed by atoms with van der Waals surface area (Å²) in [6, 6.07) is 12.6. The highest BCUT2D eigenvalue weighted by Gasteiger charge is 2.44. The van der Waals surface area contributed by atoms with Gasteiger partial charge in [0.05, 0.1) is 49.0 Å². The largest absolute Gasteiger partial charge is 0.454 e. The standard InChI is InChI=1S/C34H48N4O12S2/c1-34(2,13-7-14-35-31(40)18-36-51(3,42)43)21-38(52(44,45)24-10-11-28-29(17-24)49-22-48-28)19-27(39)26(16-23-8-5-4-6-9-23)37-33(41)50-30-20-47-32-25(30)12-15-46-32/h4-6,8-11,17,25-27,30,32,36,39H,7,12-16,18-22H2,1-3H3,(H,35,40)(H,37,41)/t25-,26-,27+,30-,32+/m0/s1. The van der Waals surface area contributed by atoms with Crippen LogP contribution in [0.1, 0.15) is 38.7 Å². The van der Waals surface area contributed by atoms with E-state index in [9.17, 15) is 31.5 Å². The van der Waals surface area contributed by atoms with Crippen LogP contribution in [-0.2, 0) is 45.5 Å². The summed E-state index contributed by atoms with van der Waals surface area (Å²) >= 11 is 0. The van der Waals surface area contributed by atoms with Crippen LogP contribution in [0.3, 0.4) is 0 Å². The number of carbonyl (C=O) groups excluding carboxylic acids is 2. The Morgan fingerprint density at radius 2 is 1.81 bits per heavy atom. The second kappa shape index (κ2) is 17.1. The first-order chi connectivity index (χ1) is 24.6. The second-order valence-corrected chi connectivity index (χ2v) is 17.8. The van der Waals surface area contributed by atoms with E-state index in [4.69, 9.17) is 23.7 Å². The van der Waals surface area contributed by atoms with Crippen LogP contribution >= 0.6 is 0 Å². The third kappa shape index (κ3) is 11.0. The molecule has 0 unspecified atom stereocenters. The summed E-state index contributed by atoms with van der Waals surface area (Å²) in [6.45, 7) is 3.82. The molecule has 0 bridgehead atoms. The van der Waals surface area contributed by atoms with Gasteiger partial charge in [0.2, 0.25) is 32.7 Å². The Labute approximate surface area is 304 Å². The molecular formula is C34H48N4O12S2. The van der Waals surface area contributed by atoms with E-state index in [-0.39, 0.29) is 56.0 Å². The van der Waals surface area contributed by atoms with Gasteiger partial charge in [0, 0.05) is 25.7 Å². The number of nitrogens with one attached hydrogen (secondary N) is 3. The van der Waals surface area contributed by atoms with Crippen LogP contribution in [0.15, 0.2) is 53.4 Å². The minimum Gasteiger partial charge on any atom is -0.454 e. The van der Waals surface area contributed by atoms with E-state index >= 15 is 0 Å². The highest BCUT2D eigenvalue weighted by molar-refractivity contribution is 7.89. The van der Waals surface area contributed by atoms with Crippen molar-refractivity contribution in [3.63, 3.8) is 0 Å². The first-order valence-corrected chi connectivity index (χ1v) is 20.5. The van der Waals surface area contributed by atoms with Gasteiger partial charge in [-0.05, 0) is 48.8 Å². The monoisotopic (exact) mass is 768 g/mol. The lowest BCUT2D eigenvalue weighted by molar-refractivity contribution is -0.120. The molecule has 16 nitrogen and oxygen atoms in total. The Morgan fingerprint density at radius 1 is 1.06 bits per heavy atom. The molecule has 2 aromatic rings. The Balaban J connectivity index is 1.31. The zero-order valence-electron chi connectivity index (χ0n) is 29.5. The summed E-state index contributed by atoms with van der Waals surface area (Å²) in [5.41, 5.74) is 0.141. The van der Waals surface area contributed by atoms with E-state index in [0.717, 1.165) is 11.8 Å². The van der Waals surface area contributed by atoms with Crippen molar-refractivity contribution in [2.45, 2.75) is 69.0 Å². The van der Waals surface area contributed by atoms with E-state index < -0.39 is 68.5 Å². The maximum absolute atomic E-state index is 14.3. The molecule has 0 spiro atoms. The van der Waals surface area contributed by atoms with Gasteiger partial charge in [-0.15, -0.1) is 0 Å². The fourth-order valence-electron chi connectivity index (χ4n) is 6.40. The Hall–Kier alpha value is -3.52. The van der Waals surface area contributed by atoms with Gasteiger partial charge < -0.3 is 39.4 Å². The quantitative estimate of drug-likeness (QED) is 0.159. The van der Waals surface area contributed by atoms with Crippen molar-refractivity contribution in [2.24, 2.45) is 11.3 Å². The molecule has 2 amide bonds. The molecule has 0 saturated carbocycles. The number of benzene rings is 2. The summed E-state index contributed by atoms with van der Waals surface area (Å²) in [4.78, 5) is 25.3. The van der Waals surface area contributed by atoms with Crippen molar-refractivity contribution in [3.05, 3.63) is 54.1 Å². The van der Waals surface area contributed by atoms with Crippen LogP contribution in [0.5, 0.6) is 11.5 Å². The van der Waals surface area contributed by atoms with Crippen molar-refractivity contribution in [1.82, 2.24) is 19.7 Å². The molecule has 4 N–H and O–H groups in total. The van der Waals surface area contributed by atoms with Gasteiger partial charge in [-0.3, -0.25) is 4.79 Å². The van der Waals surface area contributed by atoms with Gasteiger partial charge >= 0.3 is 6.09 Å².